The van der Waals surface area contributed by atoms with Crippen LogP contribution in [0.5, 0.6) is 5.75 Å². The lowest BCUT2D eigenvalue weighted by atomic mass is 10.1. The summed E-state index contributed by atoms with van der Waals surface area (Å²) in [5.74, 6) is 0.153. The Morgan fingerprint density at radius 2 is 1.77 bits per heavy atom. The Kier molecular flexibility index (Phi) is 6.78. The van der Waals surface area contributed by atoms with Crippen molar-refractivity contribution in [2.24, 2.45) is 0 Å². The highest BCUT2D eigenvalue weighted by Crippen LogP contribution is 2.16. The van der Waals surface area contributed by atoms with Crippen LogP contribution in [0.3, 0.4) is 0 Å². The SMILES string of the molecule is CCc1ccccc1NC(=O)CN(C)C(=O)C(C)Oc1ccc(C)cc1. The molecule has 138 valence electrons. The molecule has 0 fully saturated rings. The molecule has 0 heterocycles. The maximum Gasteiger partial charge on any atom is 0.263 e. The molecule has 0 aliphatic heterocycles. The number of carbonyl (C=O) groups excluding carboxylic acids is 2. The van der Waals surface area contributed by atoms with Gasteiger partial charge in [-0.2, -0.15) is 0 Å². The van der Waals surface area contributed by atoms with Gasteiger partial charge in [-0.1, -0.05) is 42.8 Å². The van der Waals surface area contributed by atoms with Gasteiger partial charge in [0, 0.05) is 12.7 Å². The van der Waals surface area contributed by atoms with Crippen LogP contribution >= 0.6 is 0 Å². The summed E-state index contributed by atoms with van der Waals surface area (Å²) in [6.07, 6.45) is 0.158. The van der Waals surface area contributed by atoms with Crippen LogP contribution in [0.2, 0.25) is 0 Å². The van der Waals surface area contributed by atoms with E-state index < -0.39 is 6.10 Å². The van der Waals surface area contributed by atoms with Crippen LogP contribution in [0, 0.1) is 6.92 Å². The van der Waals surface area contributed by atoms with E-state index in [0.717, 1.165) is 23.2 Å². The van der Waals surface area contributed by atoms with Crippen molar-refractivity contribution in [3.63, 3.8) is 0 Å². The average molecular weight is 354 g/mol. The number of anilines is 1. The Balaban J connectivity index is 1.90. The Morgan fingerprint density at radius 1 is 1.12 bits per heavy atom. The molecule has 0 bridgehead atoms. The van der Waals surface area contributed by atoms with E-state index in [2.05, 4.69) is 5.32 Å². The summed E-state index contributed by atoms with van der Waals surface area (Å²) in [6.45, 7) is 5.67. The van der Waals surface area contributed by atoms with E-state index in [4.69, 9.17) is 4.74 Å². The molecule has 0 aliphatic rings. The summed E-state index contributed by atoms with van der Waals surface area (Å²) in [7, 11) is 1.60. The van der Waals surface area contributed by atoms with Crippen molar-refractivity contribution in [3.05, 3.63) is 59.7 Å². The third-order valence-corrected chi connectivity index (χ3v) is 4.11. The van der Waals surface area contributed by atoms with Crippen molar-refractivity contribution in [1.29, 1.82) is 0 Å². The van der Waals surface area contributed by atoms with E-state index in [1.165, 1.54) is 4.90 Å². The molecule has 0 saturated heterocycles. The predicted octanol–water partition coefficient (Wildman–Crippen LogP) is 3.42. The fraction of sp³-hybridized carbons (Fsp3) is 0.333. The molecule has 26 heavy (non-hydrogen) atoms. The Hall–Kier alpha value is -2.82. The largest absolute Gasteiger partial charge is 0.481 e. The fourth-order valence-electron chi connectivity index (χ4n) is 2.62. The zero-order chi connectivity index (χ0) is 19.1. The summed E-state index contributed by atoms with van der Waals surface area (Å²) in [4.78, 5) is 26.1. The van der Waals surface area contributed by atoms with Gasteiger partial charge in [-0.05, 0) is 44.0 Å². The molecule has 0 radical (unpaired) electrons. The molecular formula is C21H26N2O3. The highest BCUT2D eigenvalue weighted by atomic mass is 16.5. The van der Waals surface area contributed by atoms with E-state index >= 15 is 0 Å². The van der Waals surface area contributed by atoms with Gasteiger partial charge in [0.1, 0.15) is 5.75 Å². The minimum atomic E-state index is -0.668. The summed E-state index contributed by atoms with van der Waals surface area (Å²) < 4.78 is 5.67. The third-order valence-electron chi connectivity index (χ3n) is 4.11. The van der Waals surface area contributed by atoms with Crippen LogP contribution in [0.15, 0.2) is 48.5 Å². The average Bonchev–Trinajstić information content (AvgIpc) is 2.63. The highest BCUT2D eigenvalue weighted by Gasteiger charge is 2.21. The van der Waals surface area contributed by atoms with Crippen LogP contribution in [0.25, 0.3) is 0 Å². The molecule has 0 saturated carbocycles. The zero-order valence-electron chi connectivity index (χ0n) is 15.8. The quantitative estimate of drug-likeness (QED) is 0.829. The minimum Gasteiger partial charge on any atom is -0.481 e. The van der Waals surface area contributed by atoms with Gasteiger partial charge in [0.2, 0.25) is 5.91 Å². The first-order valence-electron chi connectivity index (χ1n) is 8.76. The molecule has 1 N–H and O–H groups in total. The van der Waals surface area contributed by atoms with Gasteiger partial charge in [0.15, 0.2) is 6.10 Å². The number of amides is 2. The van der Waals surface area contributed by atoms with Crippen LogP contribution in [-0.2, 0) is 16.0 Å². The normalized spacial score (nSPS) is 11.5. The molecule has 2 amide bonds. The number of likely N-dealkylation sites (N-methyl/N-ethyl adjacent to an activating group) is 1. The number of para-hydroxylation sites is 1. The molecule has 0 aliphatic carbocycles. The van der Waals surface area contributed by atoms with Crippen molar-refractivity contribution in [2.75, 3.05) is 18.9 Å². The highest BCUT2D eigenvalue weighted by molar-refractivity contribution is 5.95. The predicted molar refractivity (Wildman–Crippen MR) is 103 cm³/mol. The first kappa shape index (κ1) is 19.5. The van der Waals surface area contributed by atoms with Crippen molar-refractivity contribution < 1.29 is 14.3 Å². The monoisotopic (exact) mass is 354 g/mol. The molecule has 5 nitrogen and oxygen atoms in total. The summed E-state index contributed by atoms with van der Waals surface area (Å²) in [5.41, 5.74) is 2.97. The van der Waals surface area contributed by atoms with E-state index in [-0.39, 0.29) is 18.4 Å². The number of aryl methyl sites for hydroxylation is 2. The topological polar surface area (TPSA) is 58.6 Å². The number of hydrogen-bond donors (Lipinski definition) is 1. The minimum absolute atomic E-state index is 0.0293. The lowest BCUT2D eigenvalue weighted by Gasteiger charge is -2.22. The zero-order valence-corrected chi connectivity index (χ0v) is 15.8. The first-order valence-corrected chi connectivity index (χ1v) is 8.76. The van der Waals surface area contributed by atoms with E-state index in [0.29, 0.717) is 5.75 Å². The van der Waals surface area contributed by atoms with Gasteiger partial charge in [-0.25, -0.2) is 0 Å². The molecular weight excluding hydrogens is 328 g/mol. The Labute approximate surface area is 155 Å². The van der Waals surface area contributed by atoms with Crippen LogP contribution in [0.1, 0.15) is 25.0 Å². The molecule has 2 rings (SSSR count). The molecule has 2 aromatic rings. The molecule has 2 aromatic carbocycles. The van der Waals surface area contributed by atoms with Gasteiger partial charge in [0.05, 0.1) is 6.54 Å². The van der Waals surface area contributed by atoms with Crippen LogP contribution < -0.4 is 10.1 Å². The maximum atomic E-state index is 12.4. The van der Waals surface area contributed by atoms with Crippen molar-refractivity contribution >= 4 is 17.5 Å². The maximum absolute atomic E-state index is 12.4. The molecule has 1 atom stereocenters. The van der Waals surface area contributed by atoms with Crippen molar-refractivity contribution in [3.8, 4) is 5.75 Å². The standard InChI is InChI=1S/C21H26N2O3/c1-5-17-8-6-7-9-19(17)22-20(24)14-23(4)21(25)16(3)26-18-12-10-15(2)11-13-18/h6-13,16H,5,14H2,1-4H3,(H,22,24). The smallest absolute Gasteiger partial charge is 0.263 e. The number of ether oxygens (including phenoxy) is 1. The van der Waals surface area contributed by atoms with Gasteiger partial charge in [-0.3, -0.25) is 9.59 Å². The lowest BCUT2D eigenvalue weighted by Crippen LogP contribution is -2.42. The van der Waals surface area contributed by atoms with Crippen LogP contribution in [0.4, 0.5) is 5.69 Å². The number of nitrogens with one attached hydrogen (secondary N) is 1. The van der Waals surface area contributed by atoms with E-state index in [1.54, 1.807) is 14.0 Å². The molecule has 0 aromatic heterocycles. The summed E-state index contributed by atoms with van der Waals surface area (Å²) in [6, 6.07) is 15.2. The molecule has 0 spiro atoms. The number of rotatable bonds is 7. The number of benzene rings is 2. The number of hydrogen-bond acceptors (Lipinski definition) is 3. The van der Waals surface area contributed by atoms with Crippen molar-refractivity contribution in [1.82, 2.24) is 4.90 Å². The van der Waals surface area contributed by atoms with Gasteiger partial charge >= 0.3 is 0 Å². The van der Waals surface area contributed by atoms with Crippen molar-refractivity contribution in [2.45, 2.75) is 33.3 Å². The third kappa shape index (κ3) is 5.34. The second kappa shape index (κ2) is 9.04. The summed E-state index contributed by atoms with van der Waals surface area (Å²) >= 11 is 0. The summed E-state index contributed by atoms with van der Waals surface area (Å²) in [5, 5.41) is 2.87. The first-order chi connectivity index (χ1) is 12.4. The fourth-order valence-corrected chi connectivity index (χ4v) is 2.62. The van der Waals surface area contributed by atoms with E-state index in [9.17, 15) is 9.59 Å². The number of carbonyl (C=O) groups is 2. The van der Waals surface area contributed by atoms with E-state index in [1.807, 2.05) is 62.4 Å². The molecule has 5 heteroatoms. The Bertz CT molecular complexity index is 756. The second-order valence-corrected chi connectivity index (χ2v) is 6.33. The lowest BCUT2D eigenvalue weighted by molar-refractivity contribution is -0.139. The molecule has 1 unspecified atom stereocenters. The second-order valence-electron chi connectivity index (χ2n) is 6.33. The van der Waals surface area contributed by atoms with Gasteiger partial charge in [-0.15, -0.1) is 0 Å². The Morgan fingerprint density at radius 3 is 2.42 bits per heavy atom. The van der Waals surface area contributed by atoms with Gasteiger partial charge in [0.25, 0.3) is 5.91 Å². The van der Waals surface area contributed by atoms with Gasteiger partial charge < -0.3 is 15.0 Å². The van der Waals surface area contributed by atoms with Crippen LogP contribution in [-0.4, -0.2) is 36.4 Å². The number of nitrogens with zero attached hydrogens (tertiary/aromatic N) is 1.